The number of carbonyl (C=O) groups excluding carboxylic acids is 1. The lowest BCUT2D eigenvalue weighted by atomic mass is 9.75. The molecule has 1 fully saturated rings. The standard InChI is InChI=1S/C27H37ClN6O/c1-25(2,3)23-30-15-17(16-31-23)32-20-9-7-8-19(22(20)28)27(6)14-21(35)34(24(29)33-27)18-10-12-26(4,5)13-11-18/h7-9,15-16,18,32H,10-14H2,1-6H3,(H2,29,33)/t27-/m0/s1. The van der Waals surface area contributed by atoms with Gasteiger partial charge in [0.1, 0.15) is 5.82 Å². The molecule has 0 spiro atoms. The van der Waals surface area contributed by atoms with Crippen molar-refractivity contribution in [1.82, 2.24) is 14.9 Å². The molecule has 1 amide bonds. The van der Waals surface area contributed by atoms with Gasteiger partial charge in [-0.15, -0.1) is 0 Å². The fraction of sp³-hybridized carbons (Fsp3) is 0.556. The zero-order valence-corrected chi connectivity index (χ0v) is 22.4. The zero-order chi connectivity index (χ0) is 25.6. The maximum atomic E-state index is 13.3. The number of anilines is 2. The van der Waals surface area contributed by atoms with Crippen molar-refractivity contribution in [3.63, 3.8) is 0 Å². The molecule has 35 heavy (non-hydrogen) atoms. The van der Waals surface area contributed by atoms with Crippen LogP contribution in [0.25, 0.3) is 0 Å². The maximum Gasteiger partial charge on any atom is 0.232 e. The SMILES string of the molecule is CC1(C)CCC(N2C(=O)C[C@@](C)(c3cccc(Nc4cnc(C(C)(C)C)nc4)c3Cl)N=C2N)CC1. The van der Waals surface area contributed by atoms with Gasteiger partial charge in [0.15, 0.2) is 5.96 Å². The van der Waals surface area contributed by atoms with E-state index in [0.717, 1.165) is 42.8 Å². The van der Waals surface area contributed by atoms with Gasteiger partial charge in [0.2, 0.25) is 5.91 Å². The largest absolute Gasteiger partial charge is 0.369 e. The van der Waals surface area contributed by atoms with Gasteiger partial charge in [-0.25, -0.2) is 15.0 Å². The molecule has 188 valence electrons. The highest BCUT2D eigenvalue weighted by Gasteiger charge is 2.42. The summed E-state index contributed by atoms with van der Waals surface area (Å²) in [4.78, 5) is 28.9. The van der Waals surface area contributed by atoms with Crippen molar-refractivity contribution in [2.75, 3.05) is 5.32 Å². The Bertz CT molecular complexity index is 1130. The molecule has 7 nitrogen and oxygen atoms in total. The minimum atomic E-state index is -0.840. The fourth-order valence-electron chi connectivity index (χ4n) is 5.02. The molecule has 1 aromatic heterocycles. The summed E-state index contributed by atoms with van der Waals surface area (Å²) in [5.74, 6) is 1.06. The summed E-state index contributed by atoms with van der Waals surface area (Å²) < 4.78 is 0. The smallest absolute Gasteiger partial charge is 0.232 e. The number of benzene rings is 1. The van der Waals surface area contributed by atoms with Gasteiger partial charge in [0.05, 0.1) is 40.8 Å². The lowest BCUT2D eigenvalue weighted by Crippen LogP contribution is -2.55. The molecule has 4 rings (SSSR count). The number of nitrogens with two attached hydrogens (primary N) is 1. The average Bonchev–Trinajstić information content (AvgIpc) is 2.75. The molecule has 1 aromatic carbocycles. The van der Waals surface area contributed by atoms with Crippen LogP contribution < -0.4 is 11.1 Å². The molecule has 1 aliphatic heterocycles. The number of halogens is 1. The van der Waals surface area contributed by atoms with E-state index in [1.807, 2.05) is 25.1 Å². The van der Waals surface area contributed by atoms with Gasteiger partial charge in [-0.05, 0) is 44.1 Å². The molecule has 0 saturated heterocycles. The number of carbonyl (C=O) groups is 1. The van der Waals surface area contributed by atoms with Crippen molar-refractivity contribution in [3.05, 3.63) is 47.0 Å². The van der Waals surface area contributed by atoms with Gasteiger partial charge in [0.25, 0.3) is 0 Å². The summed E-state index contributed by atoms with van der Waals surface area (Å²) in [7, 11) is 0. The summed E-state index contributed by atoms with van der Waals surface area (Å²) >= 11 is 6.86. The minimum absolute atomic E-state index is 0.00491. The Kier molecular flexibility index (Phi) is 6.60. The van der Waals surface area contributed by atoms with Crippen molar-refractivity contribution < 1.29 is 4.79 Å². The molecule has 8 heteroatoms. The van der Waals surface area contributed by atoms with Crippen molar-refractivity contribution >= 4 is 34.8 Å². The first-order valence-electron chi connectivity index (χ1n) is 12.4. The number of aromatic nitrogens is 2. The number of guanidine groups is 1. The van der Waals surface area contributed by atoms with Crippen LogP contribution in [0.1, 0.15) is 85.0 Å². The van der Waals surface area contributed by atoms with E-state index in [-0.39, 0.29) is 29.7 Å². The lowest BCUT2D eigenvalue weighted by molar-refractivity contribution is -0.132. The number of hydrogen-bond donors (Lipinski definition) is 2. The summed E-state index contributed by atoms with van der Waals surface area (Å²) in [6, 6.07) is 5.82. The van der Waals surface area contributed by atoms with Crippen LogP contribution in [0.3, 0.4) is 0 Å². The number of nitrogens with zero attached hydrogens (tertiary/aromatic N) is 4. The molecule has 1 atom stereocenters. The van der Waals surface area contributed by atoms with E-state index in [2.05, 4.69) is 49.9 Å². The Labute approximate surface area is 213 Å². The molecule has 2 aliphatic rings. The third-order valence-corrected chi connectivity index (χ3v) is 7.63. The van der Waals surface area contributed by atoms with E-state index >= 15 is 0 Å². The van der Waals surface area contributed by atoms with E-state index in [9.17, 15) is 4.79 Å². The maximum absolute atomic E-state index is 13.3. The van der Waals surface area contributed by atoms with Crippen molar-refractivity contribution in [2.45, 2.75) is 90.6 Å². The summed E-state index contributed by atoms with van der Waals surface area (Å²) in [5.41, 5.74) is 7.97. The highest BCUT2D eigenvalue weighted by molar-refractivity contribution is 6.34. The second kappa shape index (κ2) is 9.08. The first kappa shape index (κ1) is 25.4. The number of nitrogens with one attached hydrogen (secondary N) is 1. The molecule has 0 unspecified atom stereocenters. The monoisotopic (exact) mass is 496 g/mol. The number of aliphatic imine (C=N–C) groups is 1. The number of hydrogen-bond acceptors (Lipinski definition) is 6. The van der Waals surface area contributed by atoms with E-state index in [1.54, 1.807) is 17.3 Å². The lowest BCUT2D eigenvalue weighted by Gasteiger charge is -2.43. The summed E-state index contributed by atoms with van der Waals surface area (Å²) in [6.45, 7) is 12.7. The first-order valence-corrected chi connectivity index (χ1v) is 12.7. The molecule has 2 heterocycles. The van der Waals surface area contributed by atoms with Crippen molar-refractivity contribution in [3.8, 4) is 0 Å². The molecule has 3 N–H and O–H groups in total. The molecule has 1 aliphatic carbocycles. The van der Waals surface area contributed by atoms with Crippen molar-refractivity contribution in [1.29, 1.82) is 0 Å². The van der Waals surface area contributed by atoms with Crippen LogP contribution >= 0.6 is 11.6 Å². The van der Waals surface area contributed by atoms with Crippen LogP contribution in [-0.2, 0) is 15.7 Å². The fourth-order valence-corrected chi connectivity index (χ4v) is 5.40. The van der Waals surface area contributed by atoms with E-state index in [4.69, 9.17) is 22.3 Å². The molecule has 1 saturated carbocycles. The second-order valence-corrected chi connectivity index (χ2v) is 12.3. The summed E-state index contributed by atoms with van der Waals surface area (Å²) in [6.07, 6.45) is 7.77. The molecule has 0 bridgehead atoms. The van der Waals surface area contributed by atoms with Crippen LogP contribution in [0.2, 0.25) is 5.02 Å². The molecular formula is C27H37ClN6O. The number of amides is 1. The van der Waals surface area contributed by atoms with Crippen LogP contribution in [0, 0.1) is 5.41 Å². The second-order valence-electron chi connectivity index (χ2n) is 11.9. The van der Waals surface area contributed by atoms with E-state index < -0.39 is 5.54 Å². The van der Waals surface area contributed by atoms with Crippen LogP contribution in [0.4, 0.5) is 11.4 Å². The quantitative estimate of drug-likeness (QED) is 0.549. The van der Waals surface area contributed by atoms with E-state index in [0.29, 0.717) is 16.1 Å². The number of rotatable bonds is 4. The predicted octanol–water partition coefficient (Wildman–Crippen LogP) is 5.90. The predicted molar refractivity (Wildman–Crippen MR) is 142 cm³/mol. The Morgan fingerprint density at radius 2 is 1.74 bits per heavy atom. The highest BCUT2D eigenvalue weighted by Crippen LogP contribution is 2.43. The third kappa shape index (κ3) is 5.30. The van der Waals surface area contributed by atoms with Gasteiger partial charge in [-0.3, -0.25) is 9.69 Å². The van der Waals surface area contributed by atoms with Gasteiger partial charge in [0, 0.05) is 17.0 Å². The molecule has 0 radical (unpaired) electrons. The average molecular weight is 497 g/mol. The molecular weight excluding hydrogens is 460 g/mol. The van der Waals surface area contributed by atoms with Crippen LogP contribution in [0.15, 0.2) is 35.6 Å². The van der Waals surface area contributed by atoms with E-state index in [1.165, 1.54) is 0 Å². The van der Waals surface area contributed by atoms with Gasteiger partial charge < -0.3 is 11.1 Å². The Hall–Kier alpha value is -2.67. The molecule has 2 aromatic rings. The highest BCUT2D eigenvalue weighted by atomic mass is 35.5. The minimum Gasteiger partial charge on any atom is -0.369 e. The van der Waals surface area contributed by atoms with Gasteiger partial charge in [-0.1, -0.05) is 58.4 Å². The topological polar surface area (TPSA) is 96.5 Å². The Balaban J connectivity index is 1.58. The normalized spacial score (nSPS) is 23.2. The van der Waals surface area contributed by atoms with Gasteiger partial charge >= 0.3 is 0 Å². The summed E-state index contributed by atoms with van der Waals surface area (Å²) in [5, 5.41) is 3.81. The van der Waals surface area contributed by atoms with Gasteiger partial charge in [-0.2, -0.15) is 0 Å². The third-order valence-electron chi connectivity index (χ3n) is 7.23. The zero-order valence-electron chi connectivity index (χ0n) is 21.7. The van der Waals surface area contributed by atoms with Crippen LogP contribution in [-0.4, -0.2) is 32.8 Å². The first-order chi connectivity index (χ1) is 16.3. The Morgan fingerprint density at radius 3 is 2.31 bits per heavy atom. The van der Waals surface area contributed by atoms with Crippen molar-refractivity contribution in [2.24, 2.45) is 16.1 Å². The van der Waals surface area contributed by atoms with Crippen LogP contribution in [0.5, 0.6) is 0 Å². The Morgan fingerprint density at radius 1 is 1.11 bits per heavy atom.